The smallest absolute Gasteiger partial charge is 0.340 e. The summed E-state index contributed by atoms with van der Waals surface area (Å²) in [6.07, 6.45) is 1.91. The predicted octanol–water partition coefficient (Wildman–Crippen LogP) is 0.693. The minimum absolute atomic E-state index is 0.180. The number of aromatic hydroxyl groups is 1. The molecule has 2 saturated heterocycles. The molecule has 0 saturated carbocycles. The van der Waals surface area contributed by atoms with Gasteiger partial charge in [-0.2, -0.15) is 0 Å². The molecule has 8 heteroatoms. The van der Waals surface area contributed by atoms with Crippen molar-refractivity contribution in [3.05, 3.63) is 24.3 Å². The highest BCUT2D eigenvalue weighted by Gasteiger charge is 2.28. The molecule has 3 amide bonds. The molecular weight excluding hydrogens is 334 g/mol. The van der Waals surface area contributed by atoms with Crippen LogP contribution in [0.25, 0.3) is 0 Å². The summed E-state index contributed by atoms with van der Waals surface area (Å²) < 4.78 is 0. The maximum absolute atomic E-state index is 12.0. The van der Waals surface area contributed by atoms with Crippen LogP contribution in [0.15, 0.2) is 24.3 Å². The van der Waals surface area contributed by atoms with E-state index in [-0.39, 0.29) is 18.5 Å². The number of imide groups is 1. The average molecular weight is 361 g/mol. The van der Waals surface area contributed by atoms with Crippen molar-refractivity contribution in [2.45, 2.75) is 12.8 Å². The van der Waals surface area contributed by atoms with Crippen LogP contribution < -0.4 is 10.3 Å². The quantitative estimate of drug-likeness (QED) is 0.726. The topological polar surface area (TPSA) is 79.4 Å². The van der Waals surface area contributed by atoms with Crippen LogP contribution in [-0.4, -0.2) is 84.7 Å². The van der Waals surface area contributed by atoms with Crippen LogP contribution in [0.1, 0.15) is 12.8 Å². The first-order valence-corrected chi connectivity index (χ1v) is 9.12. The van der Waals surface area contributed by atoms with Gasteiger partial charge in [-0.05, 0) is 31.5 Å². The van der Waals surface area contributed by atoms with Crippen LogP contribution in [-0.2, 0) is 4.79 Å². The molecule has 3 rings (SSSR count). The second-order valence-corrected chi connectivity index (χ2v) is 6.78. The molecule has 2 aliphatic heterocycles. The summed E-state index contributed by atoms with van der Waals surface area (Å²) in [6, 6.07) is 7.12. The Balaban J connectivity index is 1.34. The number of hydrogen-bond acceptors (Lipinski definition) is 6. The van der Waals surface area contributed by atoms with Crippen LogP contribution in [0.5, 0.6) is 5.75 Å². The van der Waals surface area contributed by atoms with E-state index in [1.165, 1.54) is 12.1 Å². The maximum atomic E-state index is 12.0. The number of rotatable bonds is 6. The summed E-state index contributed by atoms with van der Waals surface area (Å²) in [6.45, 7) is 5.68. The number of nitrogens with zero attached hydrogens (tertiary/aromatic N) is 4. The number of anilines is 1. The number of amides is 3. The summed E-state index contributed by atoms with van der Waals surface area (Å²) in [5.74, 6) is 0.106. The molecule has 0 spiro atoms. The van der Waals surface area contributed by atoms with E-state index in [0.29, 0.717) is 12.3 Å². The van der Waals surface area contributed by atoms with Gasteiger partial charge >= 0.3 is 6.03 Å². The van der Waals surface area contributed by atoms with Crippen molar-refractivity contribution in [1.29, 1.82) is 0 Å². The van der Waals surface area contributed by atoms with E-state index in [0.717, 1.165) is 56.2 Å². The van der Waals surface area contributed by atoms with Gasteiger partial charge in [-0.25, -0.2) is 10.2 Å². The number of unbranched alkanes of at least 4 members (excludes halogenated alkanes) is 1. The van der Waals surface area contributed by atoms with Gasteiger partial charge in [-0.1, -0.05) is 6.07 Å². The number of benzene rings is 1. The van der Waals surface area contributed by atoms with Crippen LogP contribution in [0.2, 0.25) is 0 Å². The first-order chi connectivity index (χ1) is 12.5. The Morgan fingerprint density at radius 2 is 1.81 bits per heavy atom. The van der Waals surface area contributed by atoms with Crippen LogP contribution in [0, 0.1) is 0 Å². The number of phenols is 1. The van der Waals surface area contributed by atoms with Crippen LogP contribution in [0.4, 0.5) is 10.5 Å². The normalized spacial score (nSPS) is 19.3. The third-order valence-corrected chi connectivity index (χ3v) is 4.99. The number of carbonyl (C=O) groups is 2. The minimum atomic E-state index is -0.277. The number of phenolic OH excluding ortho intramolecular Hbond substituents is 1. The predicted molar refractivity (Wildman–Crippen MR) is 98.9 cm³/mol. The van der Waals surface area contributed by atoms with Crippen LogP contribution >= 0.6 is 0 Å². The zero-order chi connectivity index (χ0) is 18.5. The van der Waals surface area contributed by atoms with E-state index < -0.39 is 0 Å². The Morgan fingerprint density at radius 1 is 1.08 bits per heavy atom. The Morgan fingerprint density at radius 3 is 2.54 bits per heavy atom. The molecule has 0 aromatic heterocycles. The SMILES string of the molecule is CN1C(=O)CNN(CCCCN2CCN(c3cccc(O)c3)CC2)C1=O. The van der Waals surface area contributed by atoms with Gasteiger partial charge in [0.05, 0.1) is 6.54 Å². The van der Waals surface area contributed by atoms with E-state index in [1.807, 2.05) is 12.1 Å². The molecule has 0 unspecified atom stereocenters. The van der Waals surface area contributed by atoms with E-state index in [2.05, 4.69) is 15.2 Å². The number of likely N-dealkylation sites (N-methyl/N-ethyl adjacent to an activating group) is 1. The van der Waals surface area contributed by atoms with Crippen molar-refractivity contribution in [3.8, 4) is 5.75 Å². The molecule has 2 aliphatic rings. The Kier molecular flexibility index (Phi) is 5.95. The molecule has 142 valence electrons. The lowest BCUT2D eigenvalue weighted by molar-refractivity contribution is -0.130. The van der Waals surface area contributed by atoms with Crippen molar-refractivity contribution in [2.75, 3.05) is 57.8 Å². The first-order valence-electron chi connectivity index (χ1n) is 9.12. The highest BCUT2D eigenvalue weighted by Crippen LogP contribution is 2.21. The number of hydrazine groups is 1. The van der Waals surface area contributed by atoms with Crippen molar-refractivity contribution in [2.24, 2.45) is 0 Å². The summed E-state index contributed by atoms with van der Waals surface area (Å²) >= 11 is 0. The molecule has 2 N–H and O–H groups in total. The van der Waals surface area contributed by atoms with E-state index in [9.17, 15) is 14.7 Å². The molecule has 26 heavy (non-hydrogen) atoms. The third kappa shape index (κ3) is 4.44. The first kappa shape index (κ1) is 18.5. The highest BCUT2D eigenvalue weighted by atomic mass is 16.3. The lowest BCUT2D eigenvalue weighted by Gasteiger charge is -2.36. The zero-order valence-corrected chi connectivity index (χ0v) is 15.2. The number of piperazine rings is 1. The molecule has 0 bridgehead atoms. The van der Waals surface area contributed by atoms with Gasteiger partial charge in [-0.15, -0.1) is 0 Å². The van der Waals surface area contributed by atoms with E-state index in [4.69, 9.17) is 0 Å². The third-order valence-electron chi connectivity index (χ3n) is 4.99. The Bertz CT molecular complexity index is 645. The van der Waals surface area contributed by atoms with E-state index >= 15 is 0 Å². The molecular formula is C18H27N5O3. The number of nitrogens with one attached hydrogen (secondary N) is 1. The largest absolute Gasteiger partial charge is 0.508 e. The summed E-state index contributed by atoms with van der Waals surface area (Å²) in [5, 5.41) is 11.1. The van der Waals surface area contributed by atoms with E-state index in [1.54, 1.807) is 12.1 Å². The lowest BCUT2D eigenvalue weighted by Crippen LogP contribution is -2.59. The average Bonchev–Trinajstić information content (AvgIpc) is 2.65. The Labute approximate surface area is 153 Å². The van der Waals surface area contributed by atoms with Gasteiger partial charge in [0.25, 0.3) is 0 Å². The second kappa shape index (κ2) is 8.37. The standard InChI is InChI=1S/C18H27N5O3/c1-20-17(25)14-19-23(18(20)26)8-3-2-7-21-9-11-22(12-10-21)15-5-4-6-16(24)13-15/h4-6,13,19,24H,2-3,7-12,14H2,1H3. The second-order valence-electron chi connectivity index (χ2n) is 6.78. The van der Waals surface area contributed by atoms with Gasteiger partial charge < -0.3 is 10.0 Å². The lowest BCUT2D eigenvalue weighted by atomic mass is 10.2. The Hall–Kier alpha value is -2.32. The fourth-order valence-corrected chi connectivity index (χ4v) is 3.34. The molecule has 8 nitrogen and oxygen atoms in total. The highest BCUT2D eigenvalue weighted by molar-refractivity contribution is 5.96. The molecule has 0 aliphatic carbocycles. The number of hydrogen-bond donors (Lipinski definition) is 2. The number of urea groups is 1. The molecule has 0 atom stereocenters. The van der Waals surface area contributed by atoms with Crippen molar-refractivity contribution in [1.82, 2.24) is 20.2 Å². The van der Waals surface area contributed by atoms with Gasteiger partial charge in [0, 0.05) is 51.5 Å². The minimum Gasteiger partial charge on any atom is -0.508 e. The summed E-state index contributed by atoms with van der Waals surface area (Å²) in [5.41, 5.74) is 3.94. The van der Waals surface area contributed by atoms with Crippen molar-refractivity contribution in [3.63, 3.8) is 0 Å². The van der Waals surface area contributed by atoms with Gasteiger partial charge in [-0.3, -0.25) is 19.6 Å². The monoisotopic (exact) mass is 361 g/mol. The molecule has 2 fully saturated rings. The van der Waals surface area contributed by atoms with Gasteiger partial charge in [0.1, 0.15) is 5.75 Å². The molecule has 2 heterocycles. The fraction of sp³-hybridized carbons (Fsp3) is 0.556. The van der Waals surface area contributed by atoms with Gasteiger partial charge in [0.2, 0.25) is 5.91 Å². The fourth-order valence-electron chi connectivity index (χ4n) is 3.34. The van der Waals surface area contributed by atoms with Crippen molar-refractivity contribution >= 4 is 17.6 Å². The zero-order valence-electron chi connectivity index (χ0n) is 15.2. The molecule has 1 aromatic rings. The molecule has 0 radical (unpaired) electrons. The summed E-state index contributed by atoms with van der Waals surface area (Å²) in [4.78, 5) is 29.3. The number of carbonyl (C=O) groups excluding carboxylic acids is 2. The molecule has 1 aromatic carbocycles. The van der Waals surface area contributed by atoms with Gasteiger partial charge in [0.15, 0.2) is 0 Å². The maximum Gasteiger partial charge on any atom is 0.340 e. The summed E-state index contributed by atoms with van der Waals surface area (Å²) in [7, 11) is 1.52. The van der Waals surface area contributed by atoms with Crippen LogP contribution in [0.3, 0.4) is 0 Å². The van der Waals surface area contributed by atoms with Crippen molar-refractivity contribution < 1.29 is 14.7 Å².